The third-order valence-electron chi connectivity index (χ3n) is 0.789. The highest BCUT2D eigenvalue weighted by Crippen LogP contribution is 2.39. The number of rotatable bonds is 5. The minimum absolute atomic E-state index is 0.574. The van der Waals surface area contributed by atoms with Gasteiger partial charge >= 0.3 is 0 Å². The Kier molecular flexibility index (Phi) is 6.98. The highest BCUT2D eigenvalue weighted by Gasteiger charge is 2.21. The summed E-state index contributed by atoms with van der Waals surface area (Å²) in [6, 6.07) is 0. The van der Waals surface area contributed by atoms with E-state index in [9.17, 15) is 0 Å². The van der Waals surface area contributed by atoms with Crippen molar-refractivity contribution in [2.75, 3.05) is 6.61 Å². The SMILES string of the molecule is C=CCCCOSC(Cl)(Cl)Cl. The van der Waals surface area contributed by atoms with E-state index in [0.717, 1.165) is 24.9 Å². The summed E-state index contributed by atoms with van der Waals surface area (Å²) in [5, 5.41) is 0. The van der Waals surface area contributed by atoms with Crippen molar-refractivity contribution >= 4 is 46.8 Å². The summed E-state index contributed by atoms with van der Waals surface area (Å²) in [4.78, 5) is 0. The highest BCUT2D eigenvalue weighted by molar-refractivity contribution is 8.00. The average Bonchev–Trinajstić information content (AvgIpc) is 1.85. The third-order valence-corrected chi connectivity index (χ3v) is 1.83. The molecule has 0 rings (SSSR count). The zero-order valence-corrected chi connectivity index (χ0v) is 8.94. The number of allylic oxidation sites excluding steroid dienone is 1. The molecule has 0 aromatic carbocycles. The van der Waals surface area contributed by atoms with Crippen molar-refractivity contribution in [1.29, 1.82) is 0 Å². The Morgan fingerprint density at radius 1 is 1.45 bits per heavy atom. The second-order valence-electron chi connectivity index (χ2n) is 1.78. The molecule has 0 aliphatic rings. The van der Waals surface area contributed by atoms with Gasteiger partial charge in [-0.3, -0.25) is 0 Å². The lowest BCUT2D eigenvalue weighted by atomic mass is 10.3. The molecule has 0 aromatic rings. The molecule has 66 valence electrons. The summed E-state index contributed by atoms with van der Waals surface area (Å²) in [5.41, 5.74) is 0. The molecule has 0 heterocycles. The maximum Gasteiger partial charge on any atom is 0.262 e. The quantitative estimate of drug-likeness (QED) is 0.309. The maximum absolute atomic E-state index is 5.39. The number of alkyl halides is 3. The number of halogens is 3. The molecule has 0 aliphatic carbocycles. The molecular weight excluding hydrogens is 226 g/mol. The first-order valence-corrected chi connectivity index (χ1v) is 4.92. The van der Waals surface area contributed by atoms with Gasteiger partial charge < -0.3 is 4.18 Å². The first-order valence-electron chi connectivity index (χ1n) is 3.04. The molecule has 11 heavy (non-hydrogen) atoms. The average molecular weight is 236 g/mol. The first kappa shape index (κ1) is 11.9. The van der Waals surface area contributed by atoms with Gasteiger partial charge in [-0.15, -0.1) is 6.58 Å². The Morgan fingerprint density at radius 3 is 2.55 bits per heavy atom. The van der Waals surface area contributed by atoms with Crippen molar-refractivity contribution < 1.29 is 4.18 Å². The van der Waals surface area contributed by atoms with Crippen molar-refractivity contribution in [2.24, 2.45) is 0 Å². The van der Waals surface area contributed by atoms with E-state index in [0.29, 0.717) is 6.61 Å². The van der Waals surface area contributed by atoms with Crippen LogP contribution in [0.15, 0.2) is 12.7 Å². The molecule has 0 radical (unpaired) electrons. The molecule has 0 amide bonds. The molecule has 0 bridgehead atoms. The number of unbranched alkanes of at least 4 members (excludes halogenated alkanes) is 1. The van der Waals surface area contributed by atoms with Crippen LogP contribution in [0.25, 0.3) is 0 Å². The van der Waals surface area contributed by atoms with Crippen LogP contribution in [0.4, 0.5) is 0 Å². The predicted molar refractivity (Wildman–Crippen MR) is 53.3 cm³/mol. The van der Waals surface area contributed by atoms with Crippen LogP contribution in [0.2, 0.25) is 0 Å². The summed E-state index contributed by atoms with van der Waals surface area (Å²) in [6.07, 6.45) is 3.64. The van der Waals surface area contributed by atoms with Gasteiger partial charge in [-0.2, -0.15) is 0 Å². The lowest BCUT2D eigenvalue weighted by Crippen LogP contribution is -1.96. The summed E-state index contributed by atoms with van der Waals surface area (Å²) in [7, 11) is 0. The zero-order valence-electron chi connectivity index (χ0n) is 5.86. The fourth-order valence-electron chi connectivity index (χ4n) is 0.395. The van der Waals surface area contributed by atoms with Crippen LogP contribution < -0.4 is 0 Å². The van der Waals surface area contributed by atoms with Gasteiger partial charge in [0.15, 0.2) is 0 Å². The Hall–Kier alpha value is 0.920. The fraction of sp³-hybridized carbons (Fsp3) is 0.667. The van der Waals surface area contributed by atoms with Gasteiger partial charge in [-0.05, 0) is 12.8 Å². The van der Waals surface area contributed by atoms with Gasteiger partial charge in [0.25, 0.3) is 3.12 Å². The minimum atomic E-state index is -1.37. The molecule has 0 saturated heterocycles. The first-order chi connectivity index (χ1) is 5.06. The normalized spacial score (nSPS) is 11.5. The smallest absolute Gasteiger partial charge is 0.262 e. The summed E-state index contributed by atoms with van der Waals surface area (Å²) in [5.74, 6) is 0. The molecule has 0 aromatic heterocycles. The summed E-state index contributed by atoms with van der Waals surface area (Å²) < 4.78 is 3.61. The fourth-order valence-corrected chi connectivity index (χ4v) is 1.13. The lowest BCUT2D eigenvalue weighted by molar-refractivity contribution is 0.366. The molecule has 0 spiro atoms. The van der Waals surface area contributed by atoms with Crippen LogP contribution in [0.3, 0.4) is 0 Å². The molecule has 5 heteroatoms. The number of hydrogen-bond donors (Lipinski definition) is 0. The van der Waals surface area contributed by atoms with Crippen LogP contribution in [0, 0.1) is 0 Å². The monoisotopic (exact) mass is 234 g/mol. The molecule has 0 saturated carbocycles. The zero-order chi connectivity index (χ0) is 8.74. The van der Waals surface area contributed by atoms with E-state index < -0.39 is 3.12 Å². The lowest BCUT2D eigenvalue weighted by Gasteiger charge is -2.08. The number of hydrogen-bond acceptors (Lipinski definition) is 2. The van der Waals surface area contributed by atoms with E-state index in [1.54, 1.807) is 0 Å². The van der Waals surface area contributed by atoms with Gasteiger partial charge in [0, 0.05) is 12.0 Å². The molecule has 0 unspecified atom stereocenters. The Balaban J connectivity index is 3.08. The maximum atomic E-state index is 5.39. The second-order valence-corrected chi connectivity index (χ2v) is 5.75. The van der Waals surface area contributed by atoms with Gasteiger partial charge in [0.1, 0.15) is 0 Å². The molecule has 0 atom stereocenters. The topological polar surface area (TPSA) is 9.23 Å². The standard InChI is InChI=1S/C6H9Cl3OS/c1-2-3-4-5-10-11-6(7,8)9/h2H,1,3-5H2. The summed E-state index contributed by atoms with van der Waals surface area (Å²) in [6.45, 7) is 4.14. The van der Waals surface area contributed by atoms with E-state index >= 15 is 0 Å². The van der Waals surface area contributed by atoms with Gasteiger partial charge in [-0.25, -0.2) is 0 Å². The highest BCUT2D eigenvalue weighted by atomic mass is 35.6. The Labute approximate surface area is 86.2 Å². The Bertz CT molecular complexity index is 113. The van der Waals surface area contributed by atoms with Gasteiger partial charge in [0.2, 0.25) is 0 Å². The van der Waals surface area contributed by atoms with Crippen LogP contribution >= 0.6 is 46.8 Å². The van der Waals surface area contributed by atoms with Crippen molar-refractivity contribution in [3.8, 4) is 0 Å². The van der Waals surface area contributed by atoms with E-state index in [1.165, 1.54) is 0 Å². The van der Waals surface area contributed by atoms with E-state index in [2.05, 4.69) is 6.58 Å². The van der Waals surface area contributed by atoms with Crippen molar-refractivity contribution in [1.82, 2.24) is 0 Å². The van der Waals surface area contributed by atoms with Crippen molar-refractivity contribution in [3.63, 3.8) is 0 Å². The molecule has 0 N–H and O–H groups in total. The predicted octanol–water partition coefficient (Wildman–Crippen LogP) is 3.95. The molecule has 1 nitrogen and oxygen atoms in total. The van der Waals surface area contributed by atoms with Crippen molar-refractivity contribution in [3.05, 3.63) is 12.7 Å². The molecular formula is C6H9Cl3OS. The van der Waals surface area contributed by atoms with E-state index in [1.807, 2.05) is 6.08 Å². The minimum Gasteiger partial charge on any atom is -0.311 e. The van der Waals surface area contributed by atoms with E-state index in [-0.39, 0.29) is 0 Å². The van der Waals surface area contributed by atoms with Gasteiger partial charge in [0.05, 0.1) is 6.61 Å². The van der Waals surface area contributed by atoms with Crippen LogP contribution in [0.1, 0.15) is 12.8 Å². The Morgan fingerprint density at radius 2 is 2.09 bits per heavy atom. The summed E-state index contributed by atoms with van der Waals surface area (Å²) >= 11 is 17.0. The largest absolute Gasteiger partial charge is 0.311 e. The molecule has 0 fully saturated rings. The van der Waals surface area contributed by atoms with Crippen LogP contribution in [0.5, 0.6) is 0 Å². The van der Waals surface area contributed by atoms with E-state index in [4.69, 9.17) is 39.0 Å². The van der Waals surface area contributed by atoms with Crippen LogP contribution in [-0.4, -0.2) is 9.73 Å². The van der Waals surface area contributed by atoms with Crippen LogP contribution in [-0.2, 0) is 4.18 Å². The van der Waals surface area contributed by atoms with Crippen molar-refractivity contribution in [2.45, 2.75) is 16.0 Å². The van der Waals surface area contributed by atoms with Gasteiger partial charge in [-0.1, -0.05) is 40.9 Å². The third kappa shape index (κ3) is 10.9. The molecule has 0 aliphatic heterocycles. The second kappa shape index (κ2) is 6.44.